The number of hydrogen-bond donors (Lipinski definition) is 0. The number of rotatable bonds is 5. The molecular formula is C15H20ClNS2. The van der Waals surface area contributed by atoms with Gasteiger partial charge in [0.05, 0.1) is 0 Å². The summed E-state index contributed by atoms with van der Waals surface area (Å²) in [6, 6.07) is 9.10. The third-order valence-electron chi connectivity index (χ3n) is 3.18. The number of hydrogen-bond acceptors (Lipinski definition) is 3. The summed E-state index contributed by atoms with van der Waals surface area (Å²) < 4.78 is 0. The van der Waals surface area contributed by atoms with Gasteiger partial charge in [-0.15, -0.1) is 35.1 Å². The van der Waals surface area contributed by atoms with Crippen molar-refractivity contribution in [1.29, 1.82) is 0 Å². The molecule has 0 saturated carbocycles. The first-order valence-electron chi connectivity index (χ1n) is 6.22. The standard InChI is InChI=1S/C15H19NS2.ClH/c1-4-16(3)12(2)11-13(14-7-5-9-17-14)15-8-6-10-18-15;/h5-12H,4H2,1-3H3;1H. The number of thiophene rings is 2. The van der Waals surface area contributed by atoms with Gasteiger partial charge in [-0.05, 0) is 43.4 Å². The third kappa shape index (κ3) is 4.18. The Bertz CT molecular complexity index is 452. The molecule has 0 aromatic carbocycles. The zero-order valence-electron chi connectivity index (χ0n) is 11.5. The Morgan fingerprint density at radius 2 is 1.74 bits per heavy atom. The molecule has 1 atom stereocenters. The van der Waals surface area contributed by atoms with Gasteiger partial charge in [0.2, 0.25) is 0 Å². The fourth-order valence-electron chi connectivity index (χ4n) is 1.81. The van der Waals surface area contributed by atoms with E-state index in [1.807, 2.05) is 22.7 Å². The van der Waals surface area contributed by atoms with E-state index in [4.69, 9.17) is 0 Å². The van der Waals surface area contributed by atoms with Gasteiger partial charge in [0.15, 0.2) is 0 Å². The Kier molecular flexibility index (Phi) is 6.80. The van der Waals surface area contributed by atoms with Gasteiger partial charge < -0.3 is 4.90 Å². The van der Waals surface area contributed by atoms with Gasteiger partial charge in [-0.2, -0.15) is 0 Å². The second-order valence-electron chi connectivity index (χ2n) is 4.35. The summed E-state index contributed by atoms with van der Waals surface area (Å²) in [5.74, 6) is 0. The van der Waals surface area contributed by atoms with Crippen LogP contribution in [0.2, 0.25) is 0 Å². The molecule has 0 aliphatic rings. The molecule has 0 fully saturated rings. The van der Waals surface area contributed by atoms with Crippen LogP contribution >= 0.6 is 35.1 Å². The average molecular weight is 314 g/mol. The fourth-order valence-corrected chi connectivity index (χ4v) is 3.40. The summed E-state index contributed by atoms with van der Waals surface area (Å²) in [4.78, 5) is 5.06. The van der Waals surface area contributed by atoms with Gasteiger partial charge in [-0.3, -0.25) is 0 Å². The van der Waals surface area contributed by atoms with Crippen LogP contribution in [0.3, 0.4) is 0 Å². The van der Waals surface area contributed by atoms with Crippen LogP contribution in [0, 0.1) is 0 Å². The molecule has 2 rings (SSSR count). The zero-order valence-corrected chi connectivity index (χ0v) is 13.9. The molecule has 0 aliphatic carbocycles. The Morgan fingerprint density at radius 1 is 1.21 bits per heavy atom. The van der Waals surface area contributed by atoms with E-state index in [9.17, 15) is 0 Å². The molecule has 0 aliphatic heterocycles. The Labute approximate surface area is 130 Å². The summed E-state index contributed by atoms with van der Waals surface area (Å²) in [6.45, 7) is 5.52. The van der Waals surface area contributed by atoms with Crippen molar-refractivity contribution >= 4 is 40.7 Å². The van der Waals surface area contributed by atoms with Gasteiger partial charge in [-0.25, -0.2) is 0 Å². The van der Waals surface area contributed by atoms with Crippen molar-refractivity contribution in [1.82, 2.24) is 4.90 Å². The van der Waals surface area contributed by atoms with E-state index < -0.39 is 0 Å². The second-order valence-corrected chi connectivity index (χ2v) is 6.24. The topological polar surface area (TPSA) is 3.24 Å². The SMILES string of the molecule is CCN(C)C(C)C=C(c1cccs1)c1cccs1.Cl. The lowest BCUT2D eigenvalue weighted by Crippen LogP contribution is -2.27. The minimum atomic E-state index is 0. The molecule has 2 heterocycles. The van der Waals surface area contributed by atoms with Crippen molar-refractivity contribution in [2.45, 2.75) is 19.9 Å². The highest BCUT2D eigenvalue weighted by molar-refractivity contribution is 7.13. The highest BCUT2D eigenvalue weighted by Crippen LogP contribution is 2.31. The average Bonchev–Trinajstić information content (AvgIpc) is 3.06. The quantitative estimate of drug-likeness (QED) is 0.750. The van der Waals surface area contributed by atoms with Gasteiger partial charge >= 0.3 is 0 Å². The monoisotopic (exact) mass is 313 g/mol. The van der Waals surface area contributed by atoms with Crippen LogP contribution in [-0.2, 0) is 0 Å². The molecule has 0 bridgehead atoms. The van der Waals surface area contributed by atoms with Crippen LogP contribution < -0.4 is 0 Å². The lowest BCUT2D eigenvalue weighted by molar-refractivity contribution is 0.314. The lowest BCUT2D eigenvalue weighted by Gasteiger charge is -2.21. The van der Waals surface area contributed by atoms with Crippen LogP contribution in [0.15, 0.2) is 41.1 Å². The molecule has 0 amide bonds. The van der Waals surface area contributed by atoms with Crippen molar-refractivity contribution in [2.24, 2.45) is 0 Å². The molecule has 2 aromatic heterocycles. The van der Waals surface area contributed by atoms with Crippen LogP contribution in [0.4, 0.5) is 0 Å². The van der Waals surface area contributed by atoms with Gasteiger partial charge in [0.1, 0.15) is 0 Å². The normalized spacial score (nSPS) is 12.0. The number of halogens is 1. The van der Waals surface area contributed by atoms with Gasteiger partial charge in [0.25, 0.3) is 0 Å². The zero-order chi connectivity index (χ0) is 13.0. The van der Waals surface area contributed by atoms with E-state index in [0.717, 1.165) is 6.54 Å². The van der Waals surface area contributed by atoms with Crippen molar-refractivity contribution in [3.05, 3.63) is 50.9 Å². The first-order valence-corrected chi connectivity index (χ1v) is 7.98. The number of likely N-dealkylation sites (N-methyl/N-ethyl adjacent to an activating group) is 1. The molecule has 4 heteroatoms. The van der Waals surface area contributed by atoms with E-state index in [1.165, 1.54) is 15.3 Å². The maximum absolute atomic E-state index is 2.38. The molecule has 0 saturated heterocycles. The van der Waals surface area contributed by atoms with Crippen molar-refractivity contribution < 1.29 is 0 Å². The Balaban J connectivity index is 0.00000180. The summed E-state index contributed by atoms with van der Waals surface area (Å²) in [6.07, 6.45) is 2.38. The van der Waals surface area contributed by atoms with Crippen molar-refractivity contribution in [3.63, 3.8) is 0 Å². The molecule has 0 spiro atoms. The van der Waals surface area contributed by atoms with E-state index in [2.05, 4.69) is 66.9 Å². The van der Waals surface area contributed by atoms with Crippen LogP contribution in [0.25, 0.3) is 5.57 Å². The molecule has 104 valence electrons. The smallest absolute Gasteiger partial charge is 0.0354 e. The van der Waals surface area contributed by atoms with Gasteiger partial charge in [0, 0.05) is 21.4 Å². The predicted molar refractivity (Wildman–Crippen MR) is 90.7 cm³/mol. The van der Waals surface area contributed by atoms with E-state index >= 15 is 0 Å². The van der Waals surface area contributed by atoms with Crippen LogP contribution in [0.1, 0.15) is 23.6 Å². The molecular weight excluding hydrogens is 294 g/mol. The highest BCUT2D eigenvalue weighted by Gasteiger charge is 2.11. The minimum absolute atomic E-state index is 0. The molecule has 0 radical (unpaired) electrons. The minimum Gasteiger partial charge on any atom is -0.300 e. The number of nitrogens with zero attached hydrogens (tertiary/aromatic N) is 1. The van der Waals surface area contributed by atoms with E-state index in [1.54, 1.807) is 0 Å². The van der Waals surface area contributed by atoms with E-state index in [-0.39, 0.29) is 12.4 Å². The predicted octanol–water partition coefficient (Wildman–Crippen LogP) is 5.00. The Hall–Kier alpha value is -0.610. The van der Waals surface area contributed by atoms with E-state index in [0.29, 0.717) is 6.04 Å². The lowest BCUT2D eigenvalue weighted by atomic mass is 10.1. The first kappa shape index (κ1) is 16.4. The maximum atomic E-state index is 2.38. The highest BCUT2D eigenvalue weighted by atomic mass is 35.5. The second kappa shape index (κ2) is 7.85. The summed E-state index contributed by atoms with van der Waals surface area (Å²) in [5.41, 5.74) is 1.37. The van der Waals surface area contributed by atoms with Gasteiger partial charge in [-0.1, -0.05) is 25.1 Å². The summed E-state index contributed by atoms with van der Waals surface area (Å²) >= 11 is 3.62. The summed E-state index contributed by atoms with van der Waals surface area (Å²) in [7, 11) is 2.17. The maximum Gasteiger partial charge on any atom is 0.0354 e. The largest absolute Gasteiger partial charge is 0.300 e. The first-order chi connectivity index (χ1) is 8.72. The van der Waals surface area contributed by atoms with Crippen molar-refractivity contribution in [3.8, 4) is 0 Å². The van der Waals surface area contributed by atoms with Crippen LogP contribution in [0.5, 0.6) is 0 Å². The molecule has 0 N–H and O–H groups in total. The molecule has 1 nitrogen and oxygen atoms in total. The fraction of sp³-hybridized carbons (Fsp3) is 0.333. The molecule has 1 unspecified atom stereocenters. The molecule has 2 aromatic rings. The third-order valence-corrected chi connectivity index (χ3v) is 4.98. The van der Waals surface area contributed by atoms with Crippen molar-refractivity contribution in [2.75, 3.05) is 13.6 Å². The summed E-state index contributed by atoms with van der Waals surface area (Å²) in [5, 5.41) is 4.29. The molecule has 19 heavy (non-hydrogen) atoms. The van der Waals surface area contributed by atoms with Crippen LogP contribution in [-0.4, -0.2) is 24.5 Å². The Morgan fingerprint density at radius 3 is 2.11 bits per heavy atom.